The number of carbonyl (C=O) groups is 1. The molecule has 0 aliphatic carbocycles. The van der Waals surface area contributed by atoms with Gasteiger partial charge in [0.1, 0.15) is 17.1 Å². The van der Waals surface area contributed by atoms with Crippen molar-refractivity contribution < 1.29 is 9.32 Å². The highest BCUT2D eigenvalue weighted by Crippen LogP contribution is 2.21. The van der Waals surface area contributed by atoms with Crippen LogP contribution in [-0.2, 0) is 0 Å². The fourth-order valence-corrected chi connectivity index (χ4v) is 2.04. The lowest BCUT2D eigenvalue weighted by Gasteiger charge is -2.01. The zero-order valence-corrected chi connectivity index (χ0v) is 11.7. The van der Waals surface area contributed by atoms with Crippen molar-refractivity contribution in [2.75, 3.05) is 5.32 Å². The number of benzene rings is 1. The van der Waals surface area contributed by atoms with Gasteiger partial charge in [0.2, 0.25) is 0 Å². The Balaban J connectivity index is 1.82. The third-order valence-corrected chi connectivity index (χ3v) is 3.16. The van der Waals surface area contributed by atoms with Gasteiger partial charge >= 0.3 is 0 Å². The maximum absolute atomic E-state index is 12.2. The molecule has 21 heavy (non-hydrogen) atoms. The molecule has 2 aromatic heterocycles. The van der Waals surface area contributed by atoms with Crippen LogP contribution < -0.4 is 5.32 Å². The molecule has 0 aliphatic rings. The maximum atomic E-state index is 12.2. The van der Waals surface area contributed by atoms with Crippen LogP contribution in [-0.4, -0.2) is 21.3 Å². The van der Waals surface area contributed by atoms with E-state index in [4.69, 9.17) is 4.52 Å². The molecule has 2 N–H and O–H groups in total. The Morgan fingerprint density at radius 3 is 2.67 bits per heavy atom. The number of carbonyl (C=O) groups excluding carboxylic acids is 1. The van der Waals surface area contributed by atoms with Crippen molar-refractivity contribution in [3.05, 3.63) is 53.5 Å². The molecule has 6 nitrogen and oxygen atoms in total. The molecule has 3 rings (SSSR count). The normalized spacial score (nSPS) is 10.6. The molecule has 0 atom stereocenters. The van der Waals surface area contributed by atoms with Crippen LogP contribution in [0.2, 0.25) is 0 Å². The summed E-state index contributed by atoms with van der Waals surface area (Å²) in [6, 6.07) is 11.4. The number of aryl methyl sites for hydroxylation is 2. The van der Waals surface area contributed by atoms with Crippen molar-refractivity contribution in [2.45, 2.75) is 13.8 Å². The van der Waals surface area contributed by atoms with Crippen LogP contribution in [0.5, 0.6) is 0 Å². The molecule has 0 fully saturated rings. The molecule has 0 radical (unpaired) electrons. The molecule has 0 bridgehead atoms. The Morgan fingerprint density at radius 2 is 2.00 bits per heavy atom. The van der Waals surface area contributed by atoms with Crippen LogP contribution >= 0.6 is 0 Å². The first-order chi connectivity index (χ1) is 10.1. The van der Waals surface area contributed by atoms with E-state index < -0.39 is 0 Å². The average Bonchev–Trinajstić information content (AvgIpc) is 3.11. The van der Waals surface area contributed by atoms with E-state index in [9.17, 15) is 4.79 Å². The summed E-state index contributed by atoms with van der Waals surface area (Å²) >= 11 is 0. The molecule has 0 aliphatic heterocycles. The molecule has 106 valence electrons. The highest BCUT2D eigenvalue weighted by atomic mass is 16.5. The Kier molecular flexibility index (Phi) is 3.27. The van der Waals surface area contributed by atoms with Crippen molar-refractivity contribution in [1.82, 2.24) is 15.4 Å². The lowest BCUT2D eigenvalue weighted by atomic mass is 10.1. The summed E-state index contributed by atoms with van der Waals surface area (Å²) in [5.74, 6) is 0.294. The molecule has 3 aromatic rings. The highest BCUT2D eigenvalue weighted by molar-refractivity contribution is 6.04. The number of nitrogens with zero attached hydrogens (tertiary/aromatic N) is 2. The summed E-state index contributed by atoms with van der Waals surface area (Å²) in [6.45, 7) is 3.52. The van der Waals surface area contributed by atoms with Gasteiger partial charge in [0.15, 0.2) is 5.76 Å². The summed E-state index contributed by atoms with van der Waals surface area (Å²) in [7, 11) is 0. The van der Waals surface area contributed by atoms with Crippen molar-refractivity contribution in [2.24, 2.45) is 0 Å². The predicted octanol–water partition coefficient (Wildman–Crippen LogP) is 2.93. The average molecular weight is 282 g/mol. The van der Waals surface area contributed by atoms with Gasteiger partial charge in [-0.1, -0.05) is 35.5 Å². The lowest BCUT2D eigenvalue weighted by Crippen LogP contribution is -2.13. The van der Waals surface area contributed by atoms with Gasteiger partial charge in [0.05, 0.1) is 5.69 Å². The number of amides is 1. The van der Waals surface area contributed by atoms with Crippen molar-refractivity contribution in [3.63, 3.8) is 0 Å². The Morgan fingerprint density at radius 1 is 1.24 bits per heavy atom. The van der Waals surface area contributed by atoms with Gasteiger partial charge in [-0.25, -0.2) is 0 Å². The number of aromatic nitrogens is 3. The topological polar surface area (TPSA) is 83.8 Å². The Labute approximate surface area is 121 Å². The van der Waals surface area contributed by atoms with Crippen LogP contribution in [0.3, 0.4) is 0 Å². The number of hydrogen-bond donors (Lipinski definition) is 2. The van der Waals surface area contributed by atoms with Crippen molar-refractivity contribution in [3.8, 4) is 11.3 Å². The molecule has 1 amide bonds. The molecule has 1 aromatic carbocycles. The van der Waals surface area contributed by atoms with E-state index in [0.717, 1.165) is 11.3 Å². The van der Waals surface area contributed by atoms with E-state index in [2.05, 4.69) is 20.7 Å². The van der Waals surface area contributed by atoms with E-state index >= 15 is 0 Å². The minimum Gasteiger partial charge on any atom is -0.359 e. The second kappa shape index (κ2) is 5.24. The minimum absolute atomic E-state index is 0.279. The van der Waals surface area contributed by atoms with E-state index in [1.165, 1.54) is 0 Å². The second-order valence-corrected chi connectivity index (χ2v) is 4.69. The van der Waals surface area contributed by atoms with Gasteiger partial charge in [-0.2, -0.15) is 5.10 Å². The number of aromatic amines is 1. The smallest absolute Gasteiger partial charge is 0.273 e. The fourth-order valence-electron chi connectivity index (χ4n) is 2.04. The second-order valence-electron chi connectivity index (χ2n) is 4.69. The van der Waals surface area contributed by atoms with Gasteiger partial charge in [-0.05, 0) is 19.9 Å². The highest BCUT2D eigenvalue weighted by Gasteiger charge is 2.16. The van der Waals surface area contributed by atoms with E-state index in [-0.39, 0.29) is 5.91 Å². The SMILES string of the molecule is Cc1noc(C)c1NC(=O)c1cc(-c2ccccc2)n[nH]1. The zero-order valence-electron chi connectivity index (χ0n) is 11.7. The van der Waals surface area contributed by atoms with Gasteiger partial charge in [-0.15, -0.1) is 0 Å². The molecule has 2 heterocycles. The number of H-pyrrole nitrogens is 1. The predicted molar refractivity (Wildman–Crippen MR) is 78.0 cm³/mol. The number of nitrogens with one attached hydrogen (secondary N) is 2. The zero-order chi connectivity index (χ0) is 14.8. The molecular formula is C15H14N4O2. The van der Waals surface area contributed by atoms with Gasteiger partial charge in [0.25, 0.3) is 5.91 Å². The minimum atomic E-state index is -0.279. The quantitative estimate of drug-likeness (QED) is 0.773. The van der Waals surface area contributed by atoms with Gasteiger partial charge in [0, 0.05) is 5.56 Å². The molecule has 0 unspecified atom stereocenters. The summed E-state index contributed by atoms with van der Waals surface area (Å²) in [4.78, 5) is 12.2. The lowest BCUT2D eigenvalue weighted by molar-refractivity contribution is 0.102. The largest absolute Gasteiger partial charge is 0.359 e. The van der Waals surface area contributed by atoms with Gasteiger partial charge in [-0.3, -0.25) is 9.89 Å². The maximum Gasteiger partial charge on any atom is 0.273 e. The van der Waals surface area contributed by atoms with E-state index in [1.54, 1.807) is 19.9 Å². The van der Waals surface area contributed by atoms with Crippen LogP contribution in [0, 0.1) is 13.8 Å². The van der Waals surface area contributed by atoms with Crippen LogP contribution in [0.4, 0.5) is 5.69 Å². The standard InChI is InChI=1S/C15H14N4O2/c1-9-14(10(2)21-19-9)16-15(20)13-8-12(17-18-13)11-6-4-3-5-7-11/h3-8H,1-2H3,(H,16,20)(H,17,18). The number of hydrogen-bond acceptors (Lipinski definition) is 4. The Hall–Kier alpha value is -2.89. The van der Waals surface area contributed by atoms with Crippen LogP contribution in [0.25, 0.3) is 11.3 Å². The first-order valence-electron chi connectivity index (χ1n) is 6.50. The van der Waals surface area contributed by atoms with E-state index in [1.807, 2.05) is 30.3 Å². The first kappa shape index (κ1) is 13.1. The summed E-state index contributed by atoms with van der Waals surface area (Å²) < 4.78 is 5.02. The third-order valence-electron chi connectivity index (χ3n) is 3.16. The van der Waals surface area contributed by atoms with Gasteiger partial charge < -0.3 is 9.84 Å². The molecular weight excluding hydrogens is 268 g/mol. The summed E-state index contributed by atoms with van der Waals surface area (Å²) in [5, 5.41) is 13.5. The monoisotopic (exact) mass is 282 g/mol. The van der Waals surface area contributed by atoms with Crippen molar-refractivity contribution >= 4 is 11.6 Å². The van der Waals surface area contributed by atoms with E-state index in [0.29, 0.717) is 22.8 Å². The van der Waals surface area contributed by atoms with Crippen molar-refractivity contribution in [1.29, 1.82) is 0 Å². The fraction of sp³-hybridized carbons (Fsp3) is 0.133. The molecule has 0 saturated heterocycles. The third kappa shape index (κ3) is 2.55. The number of anilines is 1. The molecule has 6 heteroatoms. The molecule has 0 spiro atoms. The van der Waals surface area contributed by atoms with Crippen LogP contribution in [0.1, 0.15) is 21.9 Å². The first-order valence-corrected chi connectivity index (χ1v) is 6.50. The summed E-state index contributed by atoms with van der Waals surface area (Å²) in [6.07, 6.45) is 0. The molecule has 0 saturated carbocycles. The van der Waals surface area contributed by atoms with Crippen LogP contribution in [0.15, 0.2) is 40.9 Å². The number of rotatable bonds is 3. The summed E-state index contributed by atoms with van der Waals surface area (Å²) in [5.41, 5.74) is 3.29. The Bertz CT molecular complexity index is 755.